The van der Waals surface area contributed by atoms with E-state index in [-0.39, 0.29) is 12.5 Å². The number of hydrogen-bond donors (Lipinski definition) is 1. The van der Waals surface area contributed by atoms with Gasteiger partial charge in [-0.25, -0.2) is 9.97 Å². The monoisotopic (exact) mass is 361 g/mol. The van der Waals surface area contributed by atoms with E-state index in [0.29, 0.717) is 45.8 Å². The molecule has 1 N–H and O–H groups in total. The van der Waals surface area contributed by atoms with Gasteiger partial charge < -0.3 is 19.5 Å². The topological polar surface area (TPSA) is 84.8 Å². The number of aliphatic hydroxyl groups excluding tert-OH is 1. The zero-order valence-corrected chi connectivity index (χ0v) is 15.4. The van der Waals surface area contributed by atoms with Gasteiger partial charge in [0.2, 0.25) is 5.91 Å². The van der Waals surface area contributed by atoms with Crippen molar-refractivity contribution in [3.8, 4) is 0 Å². The molecule has 3 aliphatic heterocycles. The lowest BCUT2D eigenvalue weighted by molar-refractivity contribution is -0.159. The van der Waals surface area contributed by atoms with Crippen molar-refractivity contribution >= 4 is 5.91 Å². The third kappa shape index (κ3) is 2.92. The molecule has 0 atom stereocenters. The van der Waals surface area contributed by atoms with Gasteiger partial charge in [0.25, 0.3) is 0 Å². The number of carbonyl (C=O) groups is 1. The minimum Gasteiger partial charge on any atom is -0.395 e. The minimum absolute atomic E-state index is 0.0630. The molecule has 0 aliphatic carbocycles. The van der Waals surface area contributed by atoms with Gasteiger partial charge in [0.05, 0.1) is 24.3 Å². The van der Waals surface area contributed by atoms with Crippen LogP contribution in [0.25, 0.3) is 0 Å². The van der Waals surface area contributed by atoms with Crippen molar-refractivity contribution in [2.24, 2.45) is 5.41 Å². The lowest BCUT2D eigenvalue weighted by Crippen LogP contribution is -2.54. The van der Waals surface area contributed by atoms with Crippen LogP contribution in [0.5, 0.6) is 0 Å². The highest BCUT2D eigenvalue weighted by Crippen LogP contribution is 2.42. The first-order chi connectivity index (χ1) is 12.6. The molecule has 7 heteroatoms. The van der Waals surface area contributed by atoms with E-state index < -0.39 is 11.0 Å². The van der Waals surface area contributed by atoms with Crippen molar-refractivity contribution in [2.45, 2.75) is 44.6 Å². The Labute approximate surface area is 153 Å². The van der Waals surface area contributed by atoms with Crippen LogP contribution in [0.1, 0.15) is 42.8 Å². The van der Waals surface area contributed by atoms with Crippen LogP contribution < -0.4 is 0 Å². The molecule has 2 fully saturated rings. The lowest BCUT2D eigenvalue weighted by Gasteiger charge is -2.46. The Hall–Kier alpha value is -1.57. The maximum absolute atomic E-state index is 13.1. The summed E-state index contributed by atoms with van der Waals surface area (Å²) in [6.07, 6.45) is 5.42. The van der Waals surface area contributed by atoms with Crippen molar-refractivity contribution in [1.29, 1.82) is 0 Å². The molecule has 142 valence electrons. The first-order valence-electron chi connectivity index (χ1n) is 9.54. The van der Waals surface area contributed by atoms with Crippen molar-refractivity contribution in [2.75, 3.05) is 39.5 Å². The summed E-state index contributed by atoms with van der Waals surface area (Å²) in [5.41, 5.74) is 1.09. The summed E-state index contributed by atoms with van der Waals surface area (Å²) in [6, 6.07) is 0. The number of rotatable bonds is 2. The Morgan fingerprint density at radius 2 is 1.96 bits per heavy atom. The molecule has 0 bridgehead atoms. The summed E-state index contributed by atoms with van der Waals surface area (Å²) >= 11 is 0. The number of nitrogens with zero attached hydrogens (tertiary/aromatic N) is 3. The highest BCUT2D eigenvalue weighted by molar-refractivity contribution is 5.83. The second kappa shape index (κ2) is 6.87. The first-order valence-corrected chi connectivity index (χ1v) is 9.54. The Balaban J connectivity index is 1.51. The predicted octanol–water partition coefficient (Wildman–Crippen LogP) is 0.965. The Kier molecular flexibility index (Phi) is 4.71. The molecule has 0 saturated carbocycles. The number of aryl methyl sites for hydroxylation is 1. The van der Waals surface area contributed by atoms with Crippen molar-refractivity contribution < 1.29 is 19.4 Å². The van der Waals surface area contributed by atoms with Gasteiger partial charge in [-0.3, -0.25) is 4.79 Å². The van der Waals surface area contributed by atoms with Crippen LogP contribution in [-0.2, 0) is 26.3 Å². The molecular weight excluding hydrogens is 334 g/mol. The molecule has 0 aromatic carbocycles. The molecule has 2 saturated heterocycles. The summed E-state index contributed by atoms with van der Waals surface area (Å²) in [6.45, 7) is 4.80. The average molecular weight is 361 g/mol. The van der Waals surface area contributed by atoms with Crippen LogP contribution in [0.15, 0.2) is 6.20 Å². The number of fused-ring (bicyclic) bond motifs is 2. The number of aliphatic hydroxyl groups is 1. The highest BCUT2D eigenvalue weighted by Gasteiger charge is 2.47. The van der Waals surface area contributed by atoms with E-state index in [1.807, 2.05) is 18.0 Å². The van der Waals surface area contributed by atoms with Crippen LogP contribution in [-0.4, -0.2) is 65.4 Å². The number of hydrogen-bond acceptors (Lipinski definition) is 6. The fourth-order valence-electron chi connectivity index (χ4n) is 4.49. The second-order valence-corrected chi connectivity index (χ2v) is 7.73. The fraction of sp³-hybridized carbons (Fsp3) is 0.737. The Morgan fingerprint density at radius 3 is 2.65 bits per heavy atom. The van der Waals surface area contributed by atoms with Crippen molar-refractivity contribution in [3.63, 3.8) is 0 Å². The van der Waals surface area contributed by atoms with Gasteiger partial charge in [-0.1, -0.05) is 0 Å². The molecule has 26 heavy (non-hydrogen) atoms. The number of amides is 1. The Bertz CT molecular complexity index is 679. The second-order valence-electron chi connectivity index (χ2n) is 7.73. The molecule has 3 aliphatic rings. The molecule has 1 spiro atoms. The zero-order valence-electron chi connectivity index (χ0n) is 15.4. The van der Waals surface area contributed by atoms with Gasteiger partial charge in [-0.05, 0) is 44.6 Å². The van der Waals surface area contributed by atoms with E-state index in [1.54, 1.807) is 0 Å². The molecule has 1 aromatic heterocycles. The maximum Gasteiger partial charge on any atom is 0.231 e. The van der Waals surface area contributed by atoms with Crippen molar-refractivity contribution in [1.82, 2.24) is 14.9 Å². The standard InChI is InChI=1S/C19H27N3O4/c1-14-20-12-15-2-9-26-19(16(15)21-14)3-7-22(8-4-19)17(24)18(13-23)5-10-25-11-6-18/h12,23H,2-11,13H2,1H3. The van der Waals surface area contributed by atoms with Crippen LogP contribution >= 0.6 is 0 Å². The van der Waals surface area contributed by atoms with E-state index in [1.165, 1.54) is 0 Å². The molecule has 0 unspecified atom stereocenters. The summed E-state index contributed by atoms with van der Waals surface area (Å²) in [5.74, 6) is 0.821. The van der Waals surface area contributed by atoms with E-state index in [0.717, 1.165) is 36.3 Å². The largest absolute Gasteiger partial charge is 0.395 e. The molecule has 0 radical (unpaired) electrons. The normalized spacial score (nSPS) is 24.3. The van der Waals surface area contributed by atoms with Gasteiger partial charge in [0.1, 0.15) is 11.4 Å². The fourth-order valence-corrected chi connectivity index (χ4v) is 4.49. The van der Waals surface area contributed by atoms with Crippen LogP contribution in [0.3, 0.4) is 0 Å². The number of piperidine rings is 1. The van der Waals surface area contributed by atoms with Crippen molar-refractivity contribution in [3.05, 3.63) is 23.3 Å². The molecule has 7 nitrogen and oxygen atoms in total. The molecule has 4 heterocycles. The third-order valence-corrected chi connectivity index (χ3v) is 6.23. The van der Waals surface area contributed by atoms with Gasteiger partial charge >= 0.3 is 0 Å². The van der Waals surface area contributed by atoms with E-state index in [9.17, 15) is 9.90 Å². The first kappa shape index (κ1) is 17.8. The number of ether oxygens (including phenoxy) is 2. The molecule has 4 rings (SSSR count). The lowest BCUT2D eigenvalue weighted by atomic mass is 9.78. The smallest absolute Gasteiger partial charge is 0.231 e. The molecular formula is C19H27N3O4. The van der Waals surface area contributed by atoms with Gasteiger partial charge in [-0.15, -0.1) is 0 Å². The number of carbonyl (C=O) groups excluding carboxylic acids is 1. The molecule has 1 aromatic rings. The predicted molar refractivity (Wildman–Crippen MR) is 93.5 cm³/mol. The average Bonchev–Trinajstić information content (AvgIpc) is 2.69. The zero-order chi connectivity index (χ0) is 18.2. The van der Waals surface area contributed by atoms with Crippen LogP contribution in [0.4, 0.5) is 0 Å². The summed E-state index contributed by atoms with van der Waals surface area (Å²) < 4.78 is 11.6. The number of likely N-dealkylation sites (tertiary alicyclic amines) is 1. The number of aromatic nitrogens is 2. The minimum atomic E-state index is -0.674. The van der Waals surface area contributed by atoms with Gasteiger partial charge in [-0.2, -0.15) is 0 Å². The van der Waals surface area contributed by atoms with Crippen LogP contribution in [0.2, 0.25) is 0 Å². The summed E-state index contributed by atoms with van der Waals surface area (Å²) in [4.78, 5) is 24.0. The van der Waals surface area contributed by atoms with Crippen LogP contribution in [0, 0.1) is 12.3 Å². The highest BCUT2D eigenvalue weighted by atomic mass is 16.5. The summed E-state index contributed by atoms with van der Waals surface area (Å²) in [7, 11) is 0. The van der Waals surface area contributed by atoms with Gasteiger partial charge in [0.15, 0.2) is 0 Å². The van der Waals surface area contributed by atoms with E-state index in [4.69, 9.17) is 9.47 Å². The van der Waals surface area contributed by atoms with E-state index >= 15 is 0 Å². The SMILES string of the molecule is Cc1ncc2c(n1)C1(CCN(C(=O)C3(CO)CCOCC3)CC1)OCC2. The van der Waals surface area contributed by atoms with E-state index in [2.05, 4.69) is 9.97 Å². The maximum atomic E-state index is 13.1. The Morgan fingerprint density at radius 1 is 1.23 bits per heavy atom. The van der Waals surface area contributed by atoms with Gasteiger partial charge in [0, 0.05) is 32.5 Å². The third-order valence-electron chi connectivity index (χ3n) is 6.23. The summed E-state index contributed by atoms with van der Waals surface area (Å²) in [5, 5.41) is 9.90. The quantitative estimate of drug-likeness (QED) is 0.845. The molecule has 1 amide bonds.